The maximum atomic E-state index is 10.9. The van der Waals surface area contributed by atoms with Gasteiger partial charge in [-0.05, 0) is 6.92 Å². The summed E-state index contributed by atoms with van der Waals surface area (Å²) in [5.41, 5.74) is 0.528. The fraction of sp³-hybridized carbons (Fsp3) is 0.571. The van der Waals surface area contributed by atoms with Gasteiger partial charge in [-0.3, -0.25) is 4.79 Å². The van der Waals surface area contributed by atoms with Crippen molar-refractivity contribution in [2.75, 3.05) is 6.17 Å². The van der Waals surface area contributed by atoms with Crippen molar-refractivity contribution in [2.24, 2.45) is 0 Å². The molecule has 0 radical (unpaired) electrons. The lowest BCUT2D eigenvalue weighted by Gasteiger charge is -2.13. The van der Waals surface area contributed by atoms with E-state index < -0.39 is 7.38 Å². The Morgan fingerprint density at radius 3 is 2.36 bits per heavy atom. The molecule has 0 unspecified atom stereocenters. The number of hydrogen-bond donors (Lipinski definition) is 1. The summed E-state index contributed by atoms with van der Waals surface area (Å²) in [6.07, 6.45) is 0.597. The molecule has 1 amide bonds. The minimum absolute atomic E-state index is 0.105. The molecule has 0 aliphatic carbocycles. The smallest absolute Gasteiger partial charge is 0.246 e. The Hall–Kier alpha value is -0.283. The molecule has 0 aromatic carbocycles. The lowest BCUT2D eigenvalue weighted by Crippen LogP contribution is -2.38. The van der Waals surface area contributed by atoms with Crippen LogP contribution in [0.15, 0.2) is 12.2 Å². The molecular weight excluding hydrogens is 178 g/mol. The largest absolute Gasteiger partial charge is 0.354 e. The van der Waals surface area contributed by atoms with Crippen LogP contribution in [0.25, 0.3) is 0 Å². The summed E-state index contributed by atoms with van der Waals surface area (Å²) in [4.78, 5) is 10.9. The van der Waals surface area contributed by atoms with Crippen molar-refractivity contribution in [2.45, 2.75) is 20.0 Å². The fourth-order valence-electron chi connectivity index (χ4n) is 0.441. The second kappa shape index (κ2) is 3.92. The van der Waals surface area contributed by atoms with Crippen molar-refractivity contribution in [3.63, 3.8) is 0 Å². The molecule has 0 aliphatic rings. The van der Waals surface area contributed by atoms with Crippen molar-refractivity contribution in [3.8, 4) is 0 Å². The van der Waals surface area contributed by atoms with Gasteiger partial charge in [0.15, 0.2) is 7.38 Å². The number of nitrogens with one attached hydrogen (secondary N) is 1. The SMILES string of the molecule is C=C(C)C(=O)NC[Si](C)(C)Cl. The number of rotatable bonds is 3. The number of amides is 1. The zero-order valence-electron chi connectivity index (χ0n) is 7.20. The van der Waals surface area contributed by atoms with E-state index in [-0.39, 0.29) is 5.91 Å². The van der Waals surface area contributed by atoms with Crippen LogP contribution in [0.4, 0.5) is 0 Å². The van der Waals surface area contributed by atoms with Gasteiger partial charge < -0.3 is 5.32 Å². The third kappa shape index (κ3) is 6.13. The first kappa shape index (κ1) is 10.7. The highest BCUT2D eigenvalue weighted by Gasteiger charge is 2.17. The van der Waals surface area contributed by atoms with Crippen LogP contribution in [-0.2, 0) is 4.79 Å². The normalized spacial score (nSPS) is 10.9. The van der Waals surface area contributed by atoms with Crippen LogP contribution < -0.4 is 5.32 Å². The van der Waals surface area contributed by atoms with E-state index in [2.05, 4.69) is 11.9 Å². The van der Waals surface area contributed by atoms with Gasteiger partial charge in [0.25, 0.3) is 0 Å². The van der Waals surface area contributed by atoms with Crippen molar-refractivity contribution in [3.05, 3.63) is 12.2 Å². The van der Waals surface area contributed by atoms with E-state index in [9.17, 15) is 4.79 Å². The topological polar surface area (TPSA) is 29.1 Å². The summed E-state index contributed by atoms with van der Waals surface area (Å²) in [6, 6.07) is 0. The molecule has 64 valence electrons. The highest BCUT2D eigenvalue weighted by atomic mass is 35.6. The van der Waals surface area contributed by atoms with E-state index in [1.54, 1.807) is 6.92 Å². The molecule has 0 aromatic heterocycles. The molecule has 0 heterocycles. The van der Waals surface area contributed by atoms with Crippen molar-refractivity contribution < 1.29 is 4.79 Å². The monoisotopic (exact) mass is 191 g/mol. The minimum atomic E-state index is -1.67. The predicted molar refractivity (Wildman–Crippen MR) is 51.2 cm³/mol. The molecule has 2 nitrogen and oxygen atoms in total. The molecule has 0 rings (SSSR count). The Morgan fingerprint density at radius 2 is 2.09 bits per heavy atom. The molecule has 4 heteroatoms. The first-order valence-corrected chi connectivity index (χ1v) is 7.67. The van der Waals surface area contributed by atoms with Crippen LogP contribution in [0.3, 0.4) is 0 Å². The van der Waals surface area contributed by atoms with Gasteiger partial charge >= 0.3 is 0 Å². The van der Waals surface area contributed by atoms with E-state index in [1.807, 2.05) is 13.1 Å². The van der Waals surface area contributed by atoms with Gasteiger partial charge in [0.05, 0.1) is 0 Å². The van der Waals surface area contributed by atoms with Gasteiger partial charge in [0.2, 0.25) is 5.91 Å². The van der Waals surface area contributed by atoms with E-state index >= 15 is 0 Å². The Morgan fingerprint density at radius 1 is 1.64 bits per heavy atom. The predicted octanol–water partition coefficient (Wildman–Crippen LogP) is 1.66. The van der Waals surface area contributed by atoms with E-state index in [4.69, 9.17) is 11.1 Å². The number of carbonyl (C=O) groups excluding carboxylic acids is 1. The van der Waals surface area contributed by atoms with Crippen LogP contribution in [-0.4, -0.2) is 19.5 Å². The van der Waals surface area contributed by atoms with Gasteiger partial charge in [-0.2, -0.15) is 11.1 Å². The van der Waals surface area contributed by atoms with E-state index in [0.717, 1.165) is 0 Å². The Bertz CT molecular complexity index is 174. The summed E-state index contributed by atoms with van der Waals surface area (Å²) in [7, 11) is -1.67. The third-order valence-corrected chi connectivity index (χ3v) is 2.48. The minimum Gasteiger partial charge on any atom is -0.354 e. The summed E-state index contributed by atoms with van der Waals surface area (Å²) in [5.74, 6) is -0.105. The molecule has 0 aliphatic heterocycles. The standard InChI is InChI=1S/C7H14ClNOSi/c1-6(2)7(10)9-5-11(3,4)8/h1,5H2,2-4H3,(H,9,10). The first-order valence-electron chi connectivity index (χ1n) is 3.45. The molecule has 0 atom stereocenters. The Labute approximate surface area is 73.3 Å². The quantitative estimate of drug-likeness (QED) is 0.411. The average molecular weight is 192 g/mol. The molecular formula is C7H14ClNOSi. The average Bonchev–Trinajstić information content (AvgIpc) is 1.80. The summed E-state index contributed by atoms with van der Waals surface area (Å²) in [6.45, 7) is 9.15. The van der Waals surface area contributed by atoms with Gasteiger partial charge in [0, 0.05) is 11.7 Å². The molecule has 0 spiro atoms. The zero-order chi connectivity index (χ0) is 9.07. The maximum Gasteiger partial charge on any atom is 0.246 e. The maximum absolute atomic E-state index is 10.9. The summed E-state index contributed by atoms with van der Waals surface area (Å²) in [5, 5.41) is 2.71. The third-order valence-electron chi connectivity index (χ3n) is 1.06. The molecule has 0 saturated carbocycles. The van der Waals surface area contributed by atoms with Crippen LogP contribution in [0.1, 0.15) is 6.92 Å². The zero-order valence-corrected chi connectivity index (χ0v) is 8.96. The number of halogens is 1. The lowest BCUT2D eigenvalue weighted by atomic mass is 10.3. The van der Waals surface area contributed by atoms with Crippen LogP contribution >= 0.6 is 11.1 Å². The summed E-state index contributed by atoms with van der Waals surface area (Å²) >= 11 is 5.98. The van der Waals surface area contributed by atoms with Gasteiger partial charge in [-0.15, -0.1) is 0 Å². The molecule has 0 saturated heterocycles. The molecule has 0 fully saturated rings. The van der Waals surface area contributed by atoms with Crippen molar-refractivity contribution in [1.82, 2.24) is 5.32 Å². The van der Waals surface area contributed by atoms with Crippen LogP contribution in [0.2, 0.25) is 13.1 Å². The van der Waals surface area contributed by atoms with Crippen LogP contribution in [0, 0.1) is 0 Å². The highest BCUT2D eigenvalue weighted by molar-refractivity contribution is 7.19. The van der Waals surface area contributed by atoms with Crippen molar-refractivity contribution >= 4 is 24.4 Å². The van der Waals surface area contributed by atoms with Gasteiger partial charge in [-0.1, -0.05) is 19.7 Å². The Kier molecular flexibility index (Phi) is 3.82. The lowest BCUT2D eigenvalue weighted by molar-refractivity contribution is -0.117. The molecule has 11 heavy (non-hydrogen) atoms. The van der Waals surface area contributed by atoms with E-state index in [0.29, 0.717) is 11.7 Å². The molecule has 0 bridgehead atoms. The van der Waals surface area contributed by atoms with Gasteiger partial charge in [0.1, 0.15) is 0 Å². The number of carbonyl (C=O) groups is 1. The first-order chi connectivity index (χ1) is 4.83. The second-order valence-electron chi connectivity index (χ2n) is 3.18. The number of hydrogen-bond acceptors (Lipinski definition) is 1. The molecule has 0 aromatic rings. The van der Waals surface area contributed by atoms with Crippen LogP contribution in [0.5, 0.6) is 0 Å². The van der Waals surface area contributed by atoms with Gasteiger partial charge in [-0.25, -0.2) is 0 Å². The molecule has 1 N–H and O–H groups in total. The highest BCUT2D eigenvalue weighted by Crippen LogP contribution is 2.04. The fourth-order valence-corrected chi connectivity index (χ4v) is 1.22. The van der Waals surface area contributed by atoms with E-state index in [1.165, 1.54) is 0 Å². The summed E-state index contributed by atoms with van der Waals surface area (Å²) < 4.78 is 0. The second-order valence-corrected chi connectivity index (χ2v) is 10.0. The Balaban J connectivity index is 3.73. The van der Waals surface area contributed by atoms with Crippen molar-refractivity contribution in [1.29, 1.82) is 0 Å².